The number of fused-ring (bicyclic) bond motifs is 1. The Labute approximate surface area is 206 Å². The van der Waals surface area contributed by atoms with Gasteiger partial charge in [-0.05, 0) is 38.1 Å². The number of para-hydroxylation sites is 3. The summed E-state index contributed by atoms with van der Waals surface area (Å²) in [5.41, 5.74) is -0.708. The van der Waals surface area contributed by atoms with Gasteiger partial charge in [0.15, 0.2) is 0 Å². The van der Waals surface area contributed by atoms with Crippen molar-refractivity contribution in [3.63, 3.8) is 0 Å². The van der Waals surface area contributed by atoms with Crippen LogP contribution in [0, 0.1) is 20.9 Å². The Kier molecular flexibility index (Phi) is 4.50. The lowest BCUT2D eigenvalue weighted by Crippen LogP contribution is -2.40. The Morgan fingerprint density at radius 3 is 1.58 bits per heavy atom. The van der Waals surface area contributed by atoms with Gasteiger partial charge < -0.3 is 0 Å². The summed E-state index contributed by atoms with van der Waals surface area (Å²) in [4.78, 5) is 40.1. The van der Waals surface area contributed by atoms with Gasteiger partial charge in [0.25, 0.3) is 17.5 Å². The normalized spacial score (nSPS) is 26.6. The highest BCUT2D eigenvalue weighted by molar-refractivity contribution is 6.37. The second-order valence-corrected chi connectivity index (χ2v) is 9.14. The molecule has 1 saturated carbocycles. The fourth-order valence-corrected chi connectivity index (χ4v) is 6.09. The number of carbonyl (C=O) groups excluding carboxylic acids is 2. The summed E-state index contributed by atoms with van der Waals surface area (Å²) >= 11 is 0. The molecule has 2 heterocycles. The van der Waals surface area contributed by atoms with Crippen molar-refractivity contribution in [3.05, 3.63) is 101 Å². The van der Waals surface area contributed by atoms with Crippen molar-refractivity contribution in [2.24, 2.45) is 21.0 Å². The zero-order valence-corrected chi connectivity index (χ0v) is 19.5. The van der Waals surface area contributed by atoms with E-state index >= 15 is 0 Å². The third-order valence-electron chi connectivity index (χ3n) is 7.55. The van der Waals surface area contributed by atoms with Crippen LogP contribution in [-0.4, -0.2) is 28.2 Å². The summed E-state index contributed by atoms with van der Waals surface area (Å²) in [6.07, 6.45) is 0. The average Bonchev–Trinajstić information content (AvgIpc) is 3.38. The molecule has 3 aliphatic rings. The van der Waals surface area contributed by atoms with Gasteiger partial charge in [-0.15, -0.1) is 0 Å². The van der Waals surface area contributed by atoms with Crippen molar-refractivity contribution in [1.29, 1.82) is 0 Å². The number of carbonyl (C=O) groups is 2. The van der Waals surface area contributed by atoms with E-state index in [1.54, 1.807) is 80.6 Å². The van der Waals surface area contributed by atoms with Crippen LogP contribution in [0.5, 0.6) is 0 Å². The number of nitrogens with zero attached hydrogens (tertiary/aromatic N) is 5. The third-order valence-corrected chi connectivity index (χ3v) is 7.55. The Morgan fingerprint density at radius 1 is 0.722 bits per heavy atom. The van der Waals surface area contributed by atoms with Crippen molar-refractivity contribution >= 4 is 40.3 Å². The van der Waals surface area contributed by atoms with E-state index in [1.165, 1.54) is 16.1 Å². The van der Waals surface area contributed by atoms with E-state index < -0.39 is 33.5 Å². The third kappa shape index (κ3) is 2.49. The monoisotopic (exact) mass is 479 g/mol. The zero-order valence-electron chi connectivity index (χ0n) is 19.5. The number of hydrogen-bond donors (Lipinski definition) is 0. The first kappa shape index (κ1) is 21.8. The van der Waals surface area contributed by atoms with Crippen LogP contribution in [0.25, 0.3) is 0 Å². The molecule has 3 atom stereocenters. The minimum atomic E-state index is -1.43. The SMILES string of the molecule is CC1=NN(c2ccccc2)C(=O)[C@@]12C(c1ccccc1[N+](=O)[O-])[C@]21C(=O)N(c2ccccc2)N=C1C. The van der Waals surface area contributed by atoms with Gasteiger partial charge in [0, 0.05) is 17.5 Å². The maximum Gasteiger partial charge on any atom is 0.272 e. The van der Waals surface area contributed by atoms with E-state index in [0.29, 0.717) is 28.4 Å². The molecule has 36 heavy (non-hydrogen) atoms. The molecule has 0 saturated heterocycles. The maximum atomic E-state index is 14.3. The molecule has 2 amide bonds. The molecule has 1 unspecified atom stereocenters. The van der Waals surface area contributed by atoms with E-state index in [-0.39, 0.29) is 5.69 Å². The number of hydrazone groups is 2. The molecular weight excluding hydrogens is 458 g/mol. The number of nitro benzene ring substituents is 1. The highest BCUT2D eigenvalue weighted by Gasteiger charge is 2.91. The maximum absolute atomic E-state index is 14.3. The molecule has 2 spiro atoms. The lowest BCUT2D eigenvalue weighted by molar-refractivity contribution is -0.385. The Hall–Kier alpha value is -4.66. The van der Waals surface area contributed by atoms with Crippen LogP contribution >= 0.6 is 0 Å². The standard InChI is InChI=1S/C27H21N5O4/c1-17-26(24(33)30(28-17)19-11-5-3-6-12-19)23(21-15-9-10-16-22(21)32(35)36)27(26)18(2)29-31(25(27)34)20-13-7-4-8-14-20/h3-16,23H,1-2H3/t23?,26-,27+. The van der Waals surface area contributed by atoms with Crippen LogP contribution in [-0.2, 0) is 9.59 Å². The second kappa shape index (κ2) is 7.42. The van der Waals surface area contributed by atoms with Crippen LogP contribution in [0.2, 0.25) is 0 Å². The lowest BCUT2D eigenvalue weighted by Gasteiger charge is -2.18. The first-order valence-corrected chi connectivity index (χ1v) is 11.5. The van der Waals surface area contributed by atoms with Crippen molar-refractivity contribution in [1.82, 2.24) is 0 Å². The van der Waals surface area contributed by atoms with Crippen LogP contribution in [0.3, 0.4) is 0 Å². The molecule has 0 N–H and O–H groups in total. The number of anilines is 2. The second-order valence-electron chi connectivity index (χ2n) is 9.14. The van der Waals surface area contributed by atoms with Gasteiger partial charge in [-0.3, -0.25) is 19.7 Å². The number of nitro groups is 1. The smallest absolute Gasteiger partial charge is 0.271 e. The molecule has 1 aliphatic carbocycles. The summed E-state index contributed by atoms with van der Waals surface area (Å²) in [5.74, 6) is -1.62. The Bertz CT molecular complexity index is 1420. The topological polar surface area (TPSA) is 108 Å². The molecule has 3 aromatic carbocycles. The molecule has 2 aliphatic heterocycles. The highest BCUT2D eigenvalue weighted by atomic mass is 16.6. The predicted molar refractivity (Wildman–Crippen MR) is 135 cm³/mol. The van der Waals surface area contributed by atoms with Crippen molar-refractivity contribution in [2.75, 3.05) is 10.0 Å². The van der Waals surface area contributed by atoms with E-state index in [4.69, 9.17) is 0 Å². The van der Waals surface area contributed by atoms with Gasteiger partial charge >= 0.3 is 0 Å². The minimum Gasteiger partial charge on any atom is -0.271 e. The Balaban J connectivity index is 1.58. The average molecular weight is 479 g/mol. The van der Waals surface area contributed by atoms with Crippen LogP contribution in [0.4, 0.5) is 17.1 Å². The predicted octanol–water partition coefficient (Wildman–Crippen LogP) is 4.51. The minimum absolute atomic E-state index is 0.142. The summed E-state index contributed by atoms with van der Waals surface area (Å²) in [7, 11) is 0. The van der Waals surface area contributed by atoms with Gasteiger partial charge in [0.2, 0.25) is 0 Å². The van der Waals surface area contributed by atoms with Crippen molar-refractivity contribution in [2.45, 2.75) is 19.8 Å². The summed E-state index contributed by atoms with van der Waals surface area (Å²) in [6.45, 7) is 3.42. The number of benzene rings is 3. The van der Waals surface area contributed by atoms with Crippen LogP contribution in [0.1, 0.15) is 25.3 Å². The van der Waals surface area contributed by atoms with E-state index in [1.807, 2.05) is 12.1 Å². The molecule has 0 radical (unpaired) electrons. The molecule has 1 fully saturated rings. The molecular formula is C27H21N5O4. The molecule has 178 valence electrons. The highest BCUT2D eigenvalue weighted by Crippen LogP contribution is 2.80. The van der Waals surface area contributed by atoms with Gasteiger partial charge in [-0.2, -0.15) is 20.2 Å². The van der Waals surface area contributed by atoms with Gasteiger partial charge in [-0.1, -0.05) is 54.6 Å². The largest absolute Gasteiger partial charge is 0.272 e. The molecule has 0 bridgehead atoms. The van der Waals surface area contributed by atoms with E-state index in [2.05, 4.69) is 10.2 Å². The quantitative estimate of drug-likeness (QED) is 0.405. The van der Waals surface area contributed by atoms with Crippen LogP contribution < -0.4 is 10.0 Å². The molecule has 9 heteroatoms. The first-order valence-electron chi connectivity index (χ1n) is 11.5. The summed E-state index contributed by atoms with van der Waals surface area (Å²) in [5, 5.41) is 23.8. The number of rotatable bonds is 4. The fourth-order valence-electron chi connectivity index (χ4n) is 6.09. The Morgan fingerprint density at radius 2 is 1.14 bits per heavy atom. The van der Waals surface area contributed by atoms with Gasteiger partial charge in [-0.25, -0.2) is 0 Å². The zero-order chi connectivity index (χ0) is 25.2. The molecule has 0 aromatic heterocycles. The van der Waals surface area contributed by atoms with Crippen molar-refractivity contribution in [3.8, 4) is 0 Å². The molecule has 6 rings (SSSR count). The summed E-state index contributed by atoms with van der Waals surface area (Å²) < 4.78 is 0. The first-order chi connectivity index (χ1) is 17.4. The fraction of sp³-hybridized carbons (Fsp3) is 0.185. The molecule has 9 nitrogen and oxygen atoms in total. The van der Waals surface area contributed by atoms with Gasteiger partial charge in [0.05, 0.1) is 27.7 Å². The lowest BCUT2D eigenvalue weighted by atomic mass is 9.85. The van der Waals surface area contributed by atoms with E-state index in [0.717, 1.165) is 0 Å². The van der Waals surface area contributed by atoms with E-state index in [9.17, 15) is 19.7 Å². The van der Waals surface area contributed by atoms with Crippen molar-refractivity contribution < 1.29 is 14.5 Å². The number of hydrogen-bond acceptors (Lipinski definition) is 6. The summed E-state index contributed by atoms with van der Waals surface area (Å²) in [6, 6.07) is 24.2. The van der Waals surface area contributed by atoms with Gasteiger partial charge in [0.1, 0.15) is 10.8 Å². The molecule has 3 aromatic rings. The van der Waals surface area contributed by atoms with Crippen LogP contribution in [0.15, 0.2) is 95.1 Å². The number of amides is 2.